The highest BCUT2D eigenvalue weighted by Gasteiger charge is 2.36. The Morgan fingerprint density at radius 3 is 2.55 bits per heavy atom. The summed E-state index contributed by atoms with van der Waals surface area (Å²) in [6, 6.07) is 9.25. The summed E-state index contributed by atoms with van der Waals surface area (Å²) in [4.78, 5) is 2.62. The molecule has 1 heterocycles. The van der Waals surface area contributed by atoms with E-state index in [1.54, 1.807) is 0 Å². The summed E-state index contributed by atoms with van der Waals surface area (Å²) in [5, 5.41) is 10.2. The first kappa shape index (κ1) is 14.6. The van der Waals surface area contributed by atoms with E-state index < -0.39 is 0 Å². The number of aliphatic hydroxyl groups is 1. The van der Waals surface area contributed by atoms with Gasteiger partial charge >= 0.3 is 0 Å². The molecule has 3 heteroatoms. The molecule has 3 rings (SSSR count). The van der Waals surface area contributed by atoms with Crippen LogP contribution in [0, 0.1) is 5.92 Å². The summed E-state index contributed by atoms with van der Waals surface area (Å²) in [5.41, 5.74) is 1.38. The van der Waals surface area contributed by atoms with Gasteiger partial charge in [0.15, 0.2) is 0 Å². The van der Waals surface area contributed by atoms with Crippen LogP contribution >= 0.6 is 15.9 Å². The Balaban J connectivity index is 1.70. The van der Waals surface area contributed by atoms with Gasteiger partial charge in [-0.1, -0.05) is 40.9 Å². The van der Waals surface area contributed by atoms with Gasteiger partial charge in [0.1, 0.15) is 0 Å². The lowest BCUT2D eigenvalue weighted by molar-refractivity contribution is 0.0313. The third-order valence-electron chi connectivity index (χ3n) is 4.99. The van der Waals surface area contributed by atoms with Crippen LogP contribution in [-0.4, -0.2) is 28.7 Å². The first-order valence-electron chi connectivity index (χ1n) is 7.90. The van der Waals surface area contributed by atoms with E-state index >= 15 is 0 Å². The summed E-state index contributed by atoms with van der Waals surface area (Å²) in [6.45, 7) is 2.21. The Morgan fingerprint density at radius 2 is 1.85 bits per heavy atom. The fourth-order valence-corrected chi connectivity index (χ4v) is 4.20. The van der Waals surface area contributed by atoms with Crippen molar-refractivity contribution in [2.24, 2.45) is 5.92 Å². The van der Waals surface area contributed by atoms with Crippen LogP contribution in [0.25, 0.3) is 0 Å². The second-order valence-electron chi connectivity index (χ2n) is 6.32. The average Bonchev–Trinajstić information content (AvgIpc) is 2.88. The molecule has 1 saturated heterocycles. The second-order valence-corrected chi connectivity index (χ2v) is 7.24. The van der Waals surface area contributed by atoms with Gasteiger partial charge in [0.2, 0.25) is 0 Å². The largest absolute Gasteiger partial charge is 0.393 e. The summed E-state index contributed by atoms with van der Waals surface area (Å²) >= 11 is 3.50. The molecule has 2 aliphatic rings. The monoisotopic (exact) mass is 337 g/mol. The molecule has 3 atom stereocenters. The molecule has 0 spiro atoms. The quantitative estimate of drug-likeness (QED) is 0.902. The maximum atomic E-state index is 10.2. The third kappa shape index (κ3) is 3.26. The highest BCUT2D eigenvalue weighted by atomic mass is 79.9. The zero-order valence-electron chi connectivity index (χ0n) is 12.0. The Morgan fingerprint density at radius 1 is 1.05 bits per heavy atom. The lowest BCUT2D eigenvalue weighted by Gasteiger charge is -2.40. The molecule has 1 saturated carbocycles. The molecule has 0 amide bonds. The van der Waals surface area contributed by atoms with E-state index in [4.69, 9.17) is 0 Å². The van der Waals surface area contributed by atoms with Crippen molar-refractivity contribution in [2.75, 3.05) is 6.54 Å². The van der Waals surface area contributed by atoms with Crippen LogP contribution in [0.2, 0.25) is 0 Å². The van der Waals surface area contributed by atoms with Crippen molar-refractivity contribution in [3.63, 3.8) is 0 Å². The predicted octanol–water partition coefficient (Wildman–Crippen LogP) is 3.96. The lowest BCUT2D eigenvalue weighted by atomic mass is 9.87. The van der Waals surface area contributed by atoms with Gasteiger partial charge in [-0.15, -0.1) is 0 Å². The predicted molar refractivity (Wildman–Crippen MR) is 85.5 cm³/mol. The van der Waals surface area contributed by atoms with Crippen LogP contribution in [0.5, 0.6) is 0 Å². The molecule has 20 heavy (non-hydrogen) atoms. The number of likely N-dealkylation sites (tertiary alicyclic amines) is 1. The molecule has 1 aliphatic carbocycles. The van der Waals surface area contributed by atoms with Crippen LogP contribution < -0.4 is 0 Å². The molecular weight excluding hydrogens is 314 g/mol. The maximum Gasteiger partial charge on any atom is 0.0583 e. The highest BCUT2D eigenvalue weighted by Crippen LogP contribution is 2.35. The molecule has 1 aromatic carbocycles. The zero-order chi connectivity index (χ0) is 13.9. The van der Waals surface area contributed by atoms with E-state index in [9.17, 15) is 5.11 Å². The Kier molecular flexibility index (Phi) is 4.79. The normalized spacial score (nSPS) is 31.6. The smallest absolute Gasteiger partial charge is 0.0583 e. The van der Waals surface area contributed by atoms with E-state index in [-0.39, 0.29) is 6.10 Å². The van der Waals surface area contributed by atoms with E-state index in [1.165, 1.54) is 44.2 Å². The number of aliphatic hydroxyl groups excluding tert-OH is 1. The number of halogens is 1. The number of hydrogen-bond acceptors (Lipinski definition) is 2. The highest BCUT2D eigenvalue weighted by molar-refractivity contribution is 9.10. The summed E-state index contributed by atoms with van der Waals surface area (Å²) in [5.74, 6) is 0.505. The van der Waals surface area contributed by atoms with Crippen LogP contribution in [-0.2, 0) is 6.54 Å². The van der Waals surface area contributed by atoms with E-state index in [1.807, 2.05) is 0 Å². The summed E-state index contributed by atoms with van der Waals surface area (Å²) < 4.78 is 1.14. The number of piperidine rings is 1. The minimum Gasteiger partial charge on any atom is -0.393 e. The standard InChI is InChI=1S/C17H24BrNO/c18-14-9-7-13(8-10-14)12-19-11-2-1-5-16(19)15-4-3-6-17(15)20/h7-10,15-17,20H,1-6,11-12H2. The second kappa shape index (κ2) is 6.59. The summed E-state index contributed by atoms with van der Waals surface area (Å²) in [6.07, 6.45) is 7.24. The van der Waals surface area contributed by atoms with Gasteiger partial charge in [0.05, 0.1) is 6.10 Å². The SMILES string of the molecule is OC1CCCC1C1CCCCN1Cc1ccc(Br)cc1. The Bertz CT molecular complexity index is 433. The number of hydrogen-bond donors (Lipinski definition) is 1. The van der Waals surface area contributed by atoms with Crippen LogP contribution in [0.15, 0.2) is 28.7 Å². The molecule has 1 N–H and O–H groups in total. The van der Waals surface area contributed by atoms with Gasteiger partial charge < -0.3 is 5.11 Å². The molecule has 3 unspecified atom stereocenters. The van der Waals surface area contributed by atoms with Crippen molar-refractivity contribution in [1.82, 2.24) is 4.90 Å². The summed E-state index contributed by atoms with van der Waals surface area (Å²) in [7, 11) is 0. The van der Waals surface area contributed by atoms with Crippen molar-refractivity contribution in [3.05, 3.63) is 34.3 Å². The van der Waals surface area contributed by atoms with Gasteiger partial charge in [0.25, 0.3) is 0 Å². The van der Waals surface area contributed by atoms with Crippen molar-refractivity contribution >= 4 is 15.9 Å². The average molecular weight is 338 g/mol. The van der Waals surface area contributed by atoms with Crippen molar-refractivity contribution < 1.29 is 5.11 Å². The molecule has 0 bridgehead atoms. The molecule has 2 nitrogen and oxygen atoms in total. The fourth-order valence-electron chi connectivity index (χ4n) is 3.94. The van der Waals surface area contributed by atoms with Gasteiger partial charge in [-0.05, 0) is 49.9 Å². The Labute approximate surface area is 130 Å². The van der Waals surface area contributed by atoms with Crippen molar-refractivity contribution in [1.29, 1.82) is 0 Å². The number of rotatable bonds is 3. The van der Waals surface area contributed by atoms with Crippen LogP contribution in [0.4, 0.5) is 0 Å². The zero-order valence-corrected chi connectivity index (χ0v) is 13.6. The Hall–Kier alpha value is -0.380. The number of benzene rings is 1. The van der Waals surface area contributed by atoms with Gasteiger partial charge in [-0.3, -0.25) is 4.90 Å². The van der Waals surface area contributed by atoms with Crippen molar-refractivity contribution in [2.45, 2.75) is 57.2 Å². The van der Waals surface area contributed by atoms with Gasteiger partial charge in [-0.25, -0.2) is 0 Å². The van der Waals surface area contributed by atoms with Crippen LogP contribution in [0.3, 0.4) is 0 Å². The van der Waals surface area contributed by atoms with E-state index in [0.717, 1.165) is 17.4 Å². The molecule has 0 aromatic heterocycles. The topological polar surface area (TPSA) is 23.5 Å². The lowest BCUT2D eigenvalue weighted by Crippen LogP contribution is -2.45. The van der Waals surface area contributed by atoms with E-state index in [0.29, 0.717) is 12.0 Å². The number of nitrogens with zero attached hydrogens (tertiary/aromatic N) is 1. The molecular formula is C17H24BrNO. The molecule has 2 fully saturated rings. The van der Waals surface area contributed by atoms with Gasteiger partial charge in [-0.2, -0.15) is 0 Å². The molecule has 0 radical (unpaired) electrons. The van der Waals surface area contributed by atoms with Crippen LogP contribution in [0.1, 0.15) is 44.1 Å². The fraction of sp³-hybridized carbons (Fsp3) is 0.647. The van der Waals surface area contributed by atoms with E-state index in [2.05, 4.69) is 45.1 Å². The maximum absolute atomic E-state index is 10.2. The minimum absolute atomic E-state index is 0.0643. The first-order chi connectivity index (χ1) is 9.74. The third-order valence-corrected chi connectivity index (χ3v) is 5.52. The van der Waals surface area contributed by atoms with Gasteiger partial charge in [0, 0.05) is 23.0 Å². The molecule has 1 aliphatic heterocycles. The molecule has 1 aromatic rings. The molecule has 110 valence electrons. The van der Waals surface area contributed by atoms with Crippen molar-refractivity contribution in [3.8, 4) is 0 Å². The first-order valence-corrected chi connectivity index (χ1v) is 8.70. The minimum atomic E-state index is -0.0643.